The van der Waals surface area contributed by atoms with Crippen LogP contribution in [0.5, 0.6) is 11.5 Å². The van der Waals surface area contributed by atoms with E-state index in [1.54, 1.807) is 12.1 Å². The molecule has 1 atom stereocenters. The Balaban J connectivity index is 1.49. The van der Waals surface area contributed by atoms with Crippen molar-refractivity contribution < 1.29 is 22.7 Å². The minimum Gasteiger partial charge on any atom is -0.485 e. The van der Waals surface area contributed by atoms with Crippen LogP contribution in [0.3, 0.4) is 0 Å². The summed E-state index contributed by atoms with van der Waals surface area (Å²) >= 11 is 0. The molecule has 3 rings (SSSR count). The molecular formula is C15H19NO5S. The number of hydrogen-bond donors (Lipinski definition) is 1. The molecule has 22 heavy (non-hydrogen) atoms. The summed E-state index contributed by atoms with van der Waals surface area (Å²) in [5, 5.41) is 2.84. The molecule has 6 nitrogen and oxygen atoms in total. The van der Waals surface area contributed by atoms with Gasteiger partial charge in [-0.25, -0.2) is 8.42 Å². The van der Waals surface area contributed by atoms with Gasteiger partial charge in [0.2, 0.25) is 6.10 Å². The van der Waals surface area contributed by atoms with Gasteiger partial charge in [-0.3, -0.25) is 4.79 Å². The van der Waals surface area contributed by atoms with E-state index < -0.39 is 15.9 Å². The minimum absolute atomic E-state index is 0.182. The van der Waals surface area contributed by atoms with E-state index in [2.05, 4.69) is 5.32 Å². The quantitative estimate of drug-likeness (QED) is 0.887. The molecular weight excluding hydrogens is 306 g/mol. The monoisotopic (exact) mass is 325 g/mol. The number of ether oxygens (including phenoxy) is 2. The second-order valence-electron chi connectivity index (χ2n) is 5.70. The molecule has 1 amide bonds. The first-order valence-electron chi connectivity index (χ1n) is 7.40. The lowest BCUT2D eigenvalue weighted by Gasteiger charge is -2.27. The number of rotatable bonds is 3. The van der Waals surface area contributed by atoms with Crippen LogP contribution >= 0.6 is 0 Å². The maximum Gasteiger partial charge on any atom is 0.264 e. The number of carbonyl (C=O) groups is 1. The third kappa shape index (κ3) is 3.52. The SMILES string of the molecule is O=C(NCC1CCS(=O)(=O)CC1)[C@H]1COc2ccccc2O1. The zero-order valence-corrected chi connectivity index (χ0v) is 13.0. The van der Waals surface area contributed by atoms with Crippen LogP contribution in [0, 0.1) is 5.92 Å². The van der Waals surface area contributed by atoms with Gasteiger partial charge in [0.15, 0.2) is 11.5 Å². The van der Waals surface area contributed by atoms with Crippen molar-refractivity contribution in [2.45, 2.75) is 18.9 Å². The number of carbonyl (C=O) groups excluding carboxylic acids is 1. The van der Waals surface area contributed by atoms with Crippen LogP contribution < -0.4 is 14.8 Å². The van der Waals surface area contributed by atoms with Gasteiger partial charge in [0, 0.05) is 6.54 Å². The van der Waals surface area contributed by atoms with Crippen molar-refractivity contribution in [2.75, 3.05) is 24.7 Å². The van der Waals surface area contributed by atoms with Crippen LogP contribution in [-0.2, 0) is 14.6 Å². The van der Waals surface area contributed by atoms with Crippen molar-refractivity contribution in [1.82, 2.24) is 5.32 Å². The number of nitrogens with one attached hydrogen (secondary N) is 1. The van der Waals surface area contributed by atoms with E-state index in [1.165, 1.54) is 0 Å². The van der Waals surface area contributed by atoms with Crippen molar-refractivity contribution >= 4 is 15.7 Å². The third-order valence-corrected chi connectivity index (χ3v) is 5.76. The standard InChI is InChI=1S/C15H19NO5S/c17-15(16-9-11-5-7-22(18,19)8-6-11)14-10-20-12-3-1-2-4-13(12)21-14/h1-4,11,14H,5-10H2,(H,16,17)/t14-/m1/s1. The molecule has 1 aromatic carbocycles. The van der Waals surface area contributed by atoms with Crippen LogP contribution in [0.4, 0.5) is 0 Å². The van der Waals surface area contributed by atoms with Crippen LogP contribution in [0.2, 0.25) is 0 Å². The summed E-state index contributed by atoms with van der Waals surface area (Å²) in [4.78, 5) is 12.1. The predicted octanol–water partition coefficient (Wildman–Crippen LogP) is 0.767. The molecule has 0 radical (unpaired) electrons. The molecule has 1 N–H and O–H groups in total. The Morgan fingerprint density at radius 2 is 1.86 bits per heavy atom. The molecule has 0 unspecified atom stereocenters. The highest BCUT2D eigenvalue weighted by Gasteiger charge is 2.29. The maximum atomic E-state index is 12.1. The zero-order chi connectivity index (χ0) is 15.6. The van der Waals surface area contributed by atoms with Gasteiger partial charge in [0.1, 0.15) is 16.4 Å². The van der Waals surface area contributed by atoms with Crippen LogP contribution in [0.25, 0.3) is 0 Å². The molecule has 0 aliphatic carbocycles. The van der Waals surface area contributed by atoms with Crippen molar-refractivity contribution in [3.63, 3.8) is 0 Å². The molecule has 0 aromatic heterocycles. The fourth-order valence-corrected chi connectivity index (χ4v) is 4.24. The maximum absolute atomic E-state index is 12.1. The molecule has 1 aromatic rings. The van der Waals surface area contributed by atoms with Gasteiger partial charge in [-0.05, 0) is 30.9 Å². The summed E-state index contributed by atoms with van der Waals surface area (Å²) in [6.07, 6.45) is 0.545. The summed E-state index contributed by atoms with van der Waals surface area (Å²) in [7, 11) is -2.87. The Morgan fingerprint density at radius 1 is 1.18 bits per heavy atom. The Morgan fingerprint density at radius 3 is 2.59 bits per heavy atom. The topological polar surface area (TPSA) is 81.7 Å². The number of para-hydroxylation sites is 2. The molecule has 2 aliphatic heterocycles. The largest absolute Gasteiger partial charge is 0.485 e. The van der Waals surface area contributed by atoms with Crippen LogP contribution in [0.1, 0.15) is 12.8 Å². The van der Waals surface area contributed by atoms with E-state index in [1.807, 2.05) is 12.1 Å². The van der Waals surface area contributed by atoms with Gasteiger partial charge in [0.25, 0.3) is 5.91 Å². The van der Waals surface area contributed by atoms with Gasteiger partial charge < -0.3 is 14.8 Å². The van der Waals surface area contributed by atoms with Gasteiger partial charge in [-0.15, -0.1) is 0 Å². The molecule has 1 fully saturated rings. The molecule has 0 bridgehead atoms. The fourth-order valence-electron chi connectivity index (χ4n) is 2.65. The smallest absolute Gasteiger partial charge is 0.264 e. The minimum atomic E-state index is -2.87. The second-order valence-corrected chi connectivity index (χ2v) is 8.01. The van der Waals surface area contributed by atoms with Gasteiger partial charge in [-0.2, -0.15) is 0 Å². The van der Waals surface area contributed by atoms with E-state index in [9.17, 15) is 13.2 Å². The van der Waals surface area contributed by atoms with Crippen molar-refractivity contribution in [2.24, 2.45) is 5.92 Å². The molecule has 0 saturated carbocycles. The van der Waals surface area contributed by atoms with Crippen molar-refractivity contribution in [3.8, 4) is 11.5 Å². The summed E-state index contributed by atoms with van der Waals surface area (Å²) < 4.78 is 33.9. The second kappa shape index (κ2) is 6.16. The van der Waals surface area contributed by atoms with Gasteiger partial charge in [0.05, 0.1) is 11.5 Å². The first-order valence-corrected chi connectivity index (χ1v) is 9.22. The van der Waals surface area contributed by atoms with Gasteiger partial charge in [-0.1, -0.05) is 12.1 Å². The van der Waals surface area contributed by atoms with E-state index in [-0.39, 0.29) is 29.9 Å². The molecule has 2 aliphatic rings. The number of benzene rings is 1. The van der Waals surface area contributed by atoms with Crippen molar-refractivity contribution in [3.05, 3.63) is 24.3 Å². The van der Waals surface area contributed by atoms with E-state index in [4.69, 9.17) is 9.47 Å². The Bertz CT molecular complexity index is 644. The highest BCUT2D eigenvalue weighted by Crippen LogP contribution is 2.30. The summed E-state index contributed by atoms with van der Waals surface area (Å²) in [6, 6.07) is 7.23. The Hall–Kier alpha value is -1.76. The first-order chi connectivity index (χ1) is 10.5. The first kappa shape index (κ1) is 15.1. The number of sulfone groups is 1. The van der Waals surface area contributed by atoms with E-state index >= 15 is 0 Å². The number of amides is 1. The lowest BCUT2D eigenvalue weighted by molar-refractivity contribution is -0.130. The number of hydrogen-bond acceptors (Lipinski definition) is 5. The molecule has 0 spiro atoms. The molecule has 2 heterocycles. The summed E-state index contributed by atoms with van der Waals surface area (Å²) in [5.74, 6) is 1.63. The Kier molecular flexibility index (Phi) is 4.24. The highest BCUT2D eigenvalue weighted by atomic mass is 32.2. The highest BCUT2D eigenvalue weighted by molar-refractivity contribution is 7.91. The fraction of sp³-hybridized carbons (Fsp3) is 0.533. The van der Waals surface area contributed by atoms with Crippen LogP contribution in [0.15, 0.2) is 24.3 Å². The lowest BCUT2D eigenvalue weighted by atomic mass is 10.0. The van der Waals surface area contributed by atoms with Gasteiger partial charge >= 0.3 is 0 Å². The normalized spacial score (nSPS) is 23.7. The predicted molar refractivity (Wildman–Crippen MR) is 80.7 cm³/mol. The van der Waals surface area contributed by atoms with E-state index in [0.29, 0.717) is 30.9 Å². The lowest BCUT2D eigenvalue weighted by Crippen LogP contribution is -2.45. The van der Waals surface area contributed by atoms with Crippen LogP contribution in [-0.4, -0.2) is 45.1 Å². The molecule has 120 valence electrons. The van der Waals surface area contributed by atoms with E-state index in [0.717, 1.165) is 0 Å². The Labute approximate surface area is 129 Å². The number of fused-ring (bicyclic) bond motifs is 1. The average molecular weight is 325 g/mol. The molecule has 1 saturated heterocycles. The third-order valence-electron chi connectivity index (χ3n) is 4.04. The summed E-state index contributed by atoms with van der Waals surface area (Å²) in [6.45, 7) is 0.664. The van der Waals surface area contributed by atoms with Crippen molar-refractivity contribution in [1.29, 1.82) is 0 Å². The summed E-state index contributed by atoms with van der Waals surface area (Å²) in [5.41, 5.74) is 0. The molecule has 7 heteroatoms. The zero-order valence-electron chi connectivity index (χ0n) is 12.2. The average Bonchev–Trinajstić information content (AvgIpc) is 2.53.